The van der Waals surface area contributed by atoms with Crippen LogP contribution in [0.25, 0.3) is 0 Å². The summed E-state index contributed by atoms with van der Waals surface area (Å²) < 4.78 is 5.86. The van der Waals surface area contributed by atoms with Gasteiger partial charge in [-0.1, -0.05) is 75.7 Å². The quantitative estimate of drug-likeness (QED) is 0.578. The minimum absolute atomic E-state index is 0.0617. The van der Waals surface area contributed by atoms with Crippen molar-refractivity contribution in [2.24, 2.45) is 0 Å². The van der Waals surface area contributed by atoms with Gasteiger partial charge in [0.05, 0.1) is 18.2 Å². The molecule has 1 saturated heterocycles. The third-order valence-electron chi connectivity index (χ3n) is 6.56. The van der Waals surface area contributed by atoms with E-state index >= 15 is 0 Å². The van der Waals surface area contributed by atoms with Crippen molar-refractivity contribution in [1.82, 2.24) is 10.2 Å². The topological polar surface area (TPSA) is 41.6 Å². The number of nitrogens with zero attached hydrogens (tertiary/aromatic N) is 1. The first-order valence-corrected chi connectivity index (χ1v) is 11.6. The van der Waals surface area contributed by atoms with Crippen molar-refractivity contribution in [2.45, 2.75) is 57.6 Å². The van der Waals surface area contributed by atoms with Crippen LogP contribution in [0.1, 0.15) is 72.7 Å². The lowest BCUT2D eigenvalue weighted by atomic mass is 9.78. The number of likely N-dealkylation sites (N-methyl/N-ethyl adjacent to an activating group) is 1. The molecule has 0 radical (unpaired) electrons. The highest BCUT2D eigenvalue weighted by atomic mass is 16.5. The number of benzene rings is 2. The van der Waals surface area contributed by atoms with Crippen molar-refractivity contribution in [3.63, 3.8) is 0 Å². The summed E-state index contributed by atoms with van der Waals surface area (Å²) in [6.45, 7) is 9.01. The monoisotopic (exact) mass is 422 g/mol. The van der Waals surface area contributed by atoms with Crippen molar-refractivity contribution >= 4 is 5.78 Å². The molecule has 1 fully saturated rings. The van der Waals surface area contributed by atoms with Gasteiger partial charge in [0.1, 0.15) is 0 Å². The number of hydrogen-bond donors (Lipinski definition) is 1. The van der Waals surface area contributed by atoms with E-state index in [1.54, 1.807) is 0 Å². The second-order valence-corrected chi connectivity index (χ2v) is 9.26. The Labute approximate surface area is 188 Å². The van der Waals surface area contributed by atoms with Gasteiger partial charge in [-0.2, -0.15) is 0 Å². The summed E-state index contributed by atoms with van der Waals surface area (Å²) in [5, 5.41) is 3.37. The molecule has 4 nitrogen and oxygen atoms in total. The maximum Gasteiger partial charge on any atom is 0.183 e. The molecular weight excluding hydrogens is 384 g/mol. The molecule has 2 atom stereocenters. The number of morpholine rings is 1. The van der Waals surface area contributed by atoms with E-state index in [9.17, 15) is 4.79 Å². The van der Waals surface area contributed by atoms with E-state index in [1.165, 1.54) is 11.1 Å². The predicted molar refractivity (Wildman–Crippen MR) is 128 cm³/mol. The lowest BCUT2D eigenvalue weighted by molar-refractivity contribution is 0.0277. The Morgan fingerprint density at radius 3 is 2.32 bits per heavy atom. The van der Waals surface area contributed by atoms with Gasteiger partial charge in [-0.25, -0.2) is 0 Å². The standard InChI is InChI=1S/C27H38N2O2/c1-6-15-27(29(4)5,18-21-7-9-22(10-8-21)20(2)3)26(30)24-13-11-23(12-14-24)25-19-28-16-17-31-25/h7-14,20,25,28H,6,15-19H2,1-5H3. The van der Waals surface area contributed by atoms with Crippen LogP contribution in [0, 0.1) is 0 Å². The predicted octanol–water partition coefficient (Wildman–Crippen LogP) is 5.00. The largest absolute Gasteiger partial charge is 0.371 e. The first-order chi connectivity index (χ1) is 14.9. The fourth-order valence-electron chi connectivity index (χ4n) is 4.54. The third kappa shape index (κ3) is 5.43. The second-order valence-electron chi connectivity index (χ2n) is 9.26. The van der Waals surface area contributed by atoms with Gasteiger partial charge in [-0.3, -0.25) is 9.69 Å². The van der Waals surface area contributed by atoms with E-state index in [-0.39, 0.29) is 11.9 Å². The maximum atomic E-state index is 13.9. The van der Waals surface area contributed by atoms with E-state index < -0.39 is 5.54 Å². The molecule has 2 unspecified atom stereocenters. The smallest absolute Gasteiger partial charge is 0.183 e. The lowest BCUT2D eigenvalue weighted by Crippen LogP contribution is -2.53. The minimum atomic E-state index is -0.557. The molecule has 0 bridgehead atoms. The zero-order valence-corrected chi connectivity index (χ0v) is 19.8. The van der Waals surface area contributed by atoms with Gasteiger partial charge >= 0.3 is 0 Å². The van der Waals surface area contributed by atoms with Crippen LogP contribution < -0.4 is 5.32 Å². The SMILES string of the molecule is CCCC(Cc1ccc(C(C)C)cc1)(C(=O)c1ccc(C2CNCCO2)cc1)N(C)C. The Bertz CT molecular complexity index is 837. The molecule has 0 saturated carbocycles. The van der Waals surface area contributed by atoms with Crippen molar-refractivity contribution < 1.29 is 9.53 Å². The van der Waals surface area contributed by atoms with Crippen LogP contribution in [-0.4, -0.2) is 50.0 Å². The number of ketones is 1. The number of carbonyl (C=O) groups excluding carboxylic acids is 1. The molecule has 168 valence electrons. The zero-order valence-electron chi connectivity index (χ0n) is 19.8. The van der Waals surface area contributed by atoms with E-state index in [0.717, 1.165) is 43.7 Å². The highest BCUT2D eigenvalue weighted by Gasteiger charge is 2.40. The molecule has 0 amide bonds. The summed E-state index contributed by atoms with van der Waals surface area (Å²) in [7, 11) is 4.07. The minimum Gasteiger partial charge on any atom is -0.371 e. The molecule has 0 spiro atoms. The van der Waals surface area contributed by atoms with E-state index in [4.69, 9.17) is 4.74 Å². The number of rotatable bonds is 9. The van der Waals surface area contributed by atoms with E-state index in [2.05, 4.69) is 67.4 Å². The van der Waals surface area contributed by atoms with Crippen LogP contribution in [0.4, 0.5) is 0 Å². The van der Waals surface area contributed by atoms with Gasteiger partial charge in [0, 0.05) is 18.7 Å². The average Bonchev–Trinajstić information content (AvgIpc) is 2.79. The molecule has 1 aliphatic heterocycles. The summed E-state index contributed by atoms with van der Waals surface area (Å²) >= 11 is 0. The molecular formula is C27H38N2O2. The Hall–Kier alpha value is -2.01. The van der Waals surface area contributed by atoms with Crippen LogP contribution in [0.5, 0.6) is 0 Å². The van der Waals surface area contributed by atoms with E-state index in [0.29, 0.717) is 12.3 Å². The van der Waals surface area contributed by atoms with Gasteiger partial charge in [0.25, 0.3) is 0 Å². The molecule has 4 heteroatoms. The summed E-state index contributed by atoms with van der Waals surface area (Å²) in [6.07, 6.45) is 2.55. The molecule has 0 aromatic heterocycles. The molecule has 1 N–H and O–H groups in total. The first-order valence-electron chi connectivity index (χ1n) is 11.6. The Morgan fingerprint density at radius 1 is 1.13 bits per heavy atom. The normalized spacial score (nSPS) is 18.9. The lowest BCUT2D eigenvalue weighted by Gasteiger charge is -2.39. The molecule has 1 aliphatic rings. The fraction of sp³-hybridized carbons (Fsp3) is 0.519. The van der Waals surface area contributed by atoms with Gasteiger partial charge < -0.3 is 10.1 Å². The number of nitrogens with one attached hydrogen (secondary N) is 1. The number of ether oxygens (including phenoxy) is 1. The van der Waals surface area contributed by atoms with Crippen molar-refractivity contribution in [1.29, 1.82) is 0 Å². The summed E-state index contributed by atoms with van der Waals surface area (Å²) in [4.78, 5) is 16.0. The molecule has 3 rings (SSSR count). The average molecular weight is 423 g/mol. The number of carbonyl (C=O) groups is 1. The van der Waals surface area contributed by atoms with Crippen LogP contribution >= 0.6 is 0 Å². The van der Waals surface area contributed by atoms with Crippen molar-refractivity contribution in [3.8, 4) is 0 Å². The summed E-state index contributed by atoms with van der Waals surface area (Å²) in [5.41, 5.74) is 3.88. The molecule has 31 heavy (non-hydrogen) atoms. The first kappa shape index (κ1) is 23.6. The molecule has 0 aliphatic carbocycles. The van der Waals surface area contributed by atoms with Gasteiger partial charge in [0.15, 0.2) is 5.78 Å². The van der Waals surface area contributed by atoms with Crippen molar-refractivity contribution in [2.75, 3.05) is 33.8 Å². The molecule has 2 aromatic rings. The van der Waals surface area contributed by atoms with Crippen LogP contribution in [0.2, 0.25) is 0 Å². The van der Waals surface area contributed by atoms with Gasteiger partial charge in [0.2, 0.25) is 0 Å². The van der Waals surface area contributed by atoms with Crippen LogP contribution in [0.15, 0.2) is 48.5 Å². The highest BCUT2D eigenvalue weighted by molar-refractivity contribution is 6.03. The summed E-state index contributed by atoms with van der Waals surface area (Å²) in [5.74, 6) is 0.702. The zero-order chi connectivity index (χ0) is 22.4. The highest BCUT2D eigenvalue weighted by Crippen LogP contribution is 2.30. The molecule has 2 aromatic carbocycles. The number of Topliss-reactive ketones (excluding diaryl/α,β-unsaturated/α-hetero) is 1. The fourth-order valence-corrected chi connectivity index (χ4v) is 4.54. The summed E-state index contributed by atoms with van der Waals surface area (Å²) in [6, 6.07) is 16.8. The van der Waals surface area contributed by atoms with Crippen molar-refractivity contribution in [3.05, 3.63) is 70.8 Å². The van der Waals surface area contributed by atoms with Crippen LogP contribution in [0.3, 0.4) is 0 Å². The van der Waals surface area contributed by atoms with Gasteiger partial charge in [-0.05, 0) is 49.5 Å². The maximum absolute atomic E-state index is 13.9. The van der Waals surface area contributed by atoms with Gasteiger partial charge in [-0.15, -0.1) is 0 Å². The Balaban J connectivity index is 1.87. The second kappa shape index (κ2) is 10.5. The Morgan fingerprint density at radius 2 is 1.81 bits per heavy atom. The number of hydrogen-bond acceptors (Lipinski definition) is 4. The third-order valence-corrected chi connectivity index (χ3v) is 6.56. The van der Waals surface area contributed by atoms with E-state index in [1.807, 2.05) is 26.2 Å². The van der Waals surface area contributed by atoms with Crippen LogP contribution in [-0.2, 0) is 11.2 Å². The Kier molecular flexibility index (Phi) is 8.04. The molecule has 1 heterocycles.